The summed E-state index contributed by atoms with van der Waals surface area (Å²) in [6.07, 6.45) is 4.22. The van der Waals surface area contributed by atoms with Crippen LogP contribution in [0.3, 0.4) is 0 Å². The maximum Gasteiger partial charge on any atom is 0.220 e. The van der Waals surface area contributed by atoms with Crippen LogP contribution in [-0.2, 0) is 27.5 Å². The molecule has 7 heterocycles. The Morgan fingerprint density at radius 3 is 2.64 bits per heavy atom. The van der Waals surface area contributed by atoms with E-state index in [9.17, 15) is 35.1 Å². The van der Waals surface area contributed by atoms with E-state index in [0.717, 1.165) is 16.4 Å². The van der Waals surface area contributed by atoms with E-state index in [-0.39, 0.29) is 30.2 Å². The maximum atomic E-state index is 13.4. The highest BCUT2D eigenvalue weighted by Crippen LogP contribution is 2.45. The summed E-state index contributed by atoms with van der Waals surface area (Å²) in [5.41, 5.74) is 0.117. The molecule has 292 valence electrons. The molecule has 1 saturated heterocycles. The van der Waals surface area contributed by atoms with E-state index < -0.39 is 48.8 Å². The average molecular weight is 760 g/mol. The Kier molecular flexibility index (Phi) is 9.61. The van der Waals surface area contributed by atoms with Gasteiger partial charge in [-0.25, -0.2) is 9.78 Å². The van der Waals surface area contributed by atoms with Crippen LogP contribution in [0.5, 0.6) is 5.75 Å². The van der Waals surface area contributed by atoms with Gasteiger partial charge in [-0.05, 0) is 56.9 Å². The fourth-order valence-electron chi connectivity index (χ4n) is 8.00. The van der Waals surface area contributed by atoms with E-state index in [1.807, 2.05) is 36.1 Å². The minimum atomic E-state index is -2.41. The van der Waals surface area contributed by atoms with Gasteiger partial charge in [0, 0.05) is 67.4 Å². The number of nitrogens with zero attached hydrogens (tertiary/aromatic N) is 2. The quantitative estimate of drug-likeness (QED) is 0.0592. The van der Waals surface area contributed by atoms with Gasteiger partial charge in [-0.15, -0.1) is 0 Å². The molecule has 1 aromatic carbocycles. The van der Waals surface area contributed by atoms with E-state index in [4.69, 9.17) is 18.9 Å². The number of aliphatic hydroxyl groups is 5. The highest BCUT2D eigenvalue weighted by molar-refractivity contribution is 5.91. The normalized spacial score (nSPS) is 22.8. The summed E-state index contributed by atoms with van der Waals surface area (Å²) >= 11 is 0. The number of hydrogen-bond acceptors (Lipinski definition) is 11. The minimum Gasteiger partial charge on any atom is -0.482 e. The number of aromatic amines is 2. The van der Waals surface area contributed by atoms with Crippen LogP contribution in [0, 0.1) is 12.8 Å². The standard InChI is InChI=1S/C39H45N5O11/c1-21-11-29(46)25-13-24-14-32(55-52-19-31(48)39(51,37(50)30(47)18-45)20-43-10-6-26-28(43)5-9-40-26)38(2,7-3-22-12-33(49)42-15-22)54-35(24)34(36(25)53-21)44-16-23-4-8-41-27(23)17-44/h4-6,8-11,13,16-17,22,30-32,37,40-41,45,47-48,50-51H,3,7,12,14-15,18-20H2,1-2H3,(H,42,49). The second kappa shape index (κ2) is 14.3. The number of rotatable bonds is 14. The molecule has 6 aromatic rings. The molecule has 7 unspecified atom stereocenters. The third-order valence-corrected chi connectivity index (χ3v) is 11.3. The Morgan fingerprint density at radius 1 is 1.07 bits per heavy atom. The summed E-state index contributed by atoms with van der Waals surface area (Å²) in [5, 5.41) is 58.4. The van der Waals surface area contributed by atoms with E-state index in [2.05, 4.69) is 15.3 Å². The SMILES string of the molecule is Cc1cc(=O)c2cc3c(c(-n4cc5cc[nH]c5c4)c2o1)OC(C)(CCC1CNC(=O)C1)C(OOCC(O)C(O)(Cn1ccc2[nH]ccc21)C(O)C(O)CO)C3. The van der Waals surface area contributed by atoms with Gasteiger partial charge in [0.1, 0.15) is 53.7 Å². The van der Waals surface area contributed by atoms with Gasteiger partial charge in [-0.1, -0.05) is 0 Å². The van der Waals surface area contributed by atoms with Gasteiger partial charge in [0.2, 0.25) is 5.91 Å². The predicted molar refractivity (Wildman–Crippen MR) is 199 cm³/mol. The molecule has 55 heavy (non-hydrogen) atoms. The molecule has 2 aliphatic rings. The summed E-state index contributed by atoms with van der Waals surface area (Å²) in [6, 6.07) is 8.61. The summed E-state index contributed by atoms with van der Waals surface area (Å²) in [6.45, 7) is 2.24. The van der Waals surface area contributed by atoms with Crippen molar-refractivity contribution in [1.82, 2.24) is 24.4 Å². The first kappa shape index (κ1) is 37.0. The fourth-order valence-corrected chi connectivity index (χ4v) is 8.00. The number of benzene rings is 1. The van der Waals surface area contributed by atoms with Crippen molar-refractivity contribution in [2.75, 3.05) is 19.8 Å². The number of carbonyl (C=O) groups is 1. The van der Waals surface area contributed by atoms with Gasteiger partial charge >= 0.3 is 0 Å². The van der Waals surface area contributed by atoms with Crippen molar-refractivity contribution in [3.63, 3.8) is 0 Å². The summed E-state index contributed by atoms with van der Waals surface area (Å²) < 4.78 is 16.6. The van der Waals surface area contributed by atoms with Crippen LogP contribution in [0.1, 0.15) is 37.5 Å². The molecule has 0 aliphatic carbocycles. The Labute approximate surface area is 313 Å². The molecular formula is C39H45N5O11. The van der Waals surface area contributed by atoms with Gasteiger partial charge in [0.15, 0.2) is 16.8 Å². The van der Waals surface area contributed by atoms with Gasteiger partial charge in [-0.2, -0.15) is 0 Å². The van der Waals surface area contributed by atoms with Gasteiger partial charge < -0.3 is 59.1 Å². The number of H-pyrrole nitrogens is 2. The molecule has 0 saturated carbocycles. The third kappa shape index (κ3) is 6.73. The molecule has 0 spiro atoms. The maximum absolute atomic E-state index is 13.4. The second-order valence-corrected chi connectivity index (χ2v) is 15.1. The highest BCUT2D eigenvalue weighted by Gasteiger charge is 2.48. The van der Waals surface area contributed by atoms with E-state index in [0.29, 0.717) is 65.1 Å². The summed E-state index contributed by atoms with van der Waals surface area (Å²) in [5.74, 6) is 0.970. The zero-order chi connectivity index (χ0) is 38.6. The lowest BCUT2D eigenvalue weighted by molar-refractivity contribution is -0.365. The number of aromatic nitrogens is 4. The van der Waals surface area contributed by atoms with E-state index in [1.54, 1.807) is 42.1 Å². The van der Waals surface area contributed by atoms with Gasteiger partial charge in [-0.3, -0.25) is 9.59 Å². The fraction of sp³-hybridized carbons (Fsp3) is 0.436. The smallest absolute Gasteiger partial charge is 0.220 e. The van der Waals surface area contributed by atoms with Gasteiger partial charge in [0.25, 0.3) is 0 Å². The van der Waals surface area contributed by atoms with E-state index >= 15 is 0 Å². The number of fused-ring (bicyclic) bond motifs is 4. The molecule has 0 bridgehead atoms. The third-order valence-electron chi connectivity index (χ3n) is 11.3. The molecule has 5 aromatic heterocycles. The monoisotopic (exact) mass is 759 g/mol. The Morgan fingerprint density at radius 2 is 1.87 bits per heavy atom. The second-order valence-electron chi connectivity index (χ2n) is 15.1. The van der Waals surface area contributed by atoms with Gasteiger partial charge in [0.05, 0.1) is 35.1 Å². The van der Waals surface area contributed by atoms with Crippen molar-refractivity contribution < 1.29 is 49.3 Å². The first-order chi connectivity index (χ1) is 26.4. The lowest BCUT2D eigenvalue weighted by Crippen LogP contribution is -2.61. The van der Waals surface area contributed by atoms with Crippen LogP contribution in [-0.4, -0.2) is 106 Å². The number of hydrogen-bond donors (Lipinski definition) is 8. The Balaban J connectivity index is 1.12. The highest BCUT2D eigenvalue weighted by atomic mass is 17.2. The molecule has 7 atom stereocenters. The molecule has 1 fully saturated rings. The largest absolute Gasteiger partial charge is 0.482 e. The zero-order valence-corrected chi connectivity index (χ0v) is 30.4. The number of carbonyl (C=O) groups excluding carboxylic acids is 1. The van der Waals surface area contributed by atoms with Crippen molar-refractivity contribution in [3.05, 3.63) is 82.9 Å². The zero-order valence-electron chi connectivity index (χ0n) is 30.4. The Hall–Kier alpha value is -4.94. The molecule has 1 amide bonds. The molecule has 16 heteroatoms. The average Bonchev–Trinajstić information content (AvgIpc) is 4.00. The molecule has 0 radical (unpaired) electrons. The van der Waals surface area contributed by atoms with Crippen molar-refractivity contribution >= 4 is 38.8 Å². The first-order valence-electron chi connectivity index (χ1n) is 18.4. The van der Waals surface area contributed by atoms with Crippen LogP contribution in [0.4, 0.5) is 0 Å². The number of nitrogens with one attached hydrogen (secondary N) is 3. The number of aliphatic hydroxyl groups excluding tert-OH is 4. The lowest BCUT2D eigenvalue weighted by atomic mass is 9.83. The number of amides is 1. The molecule has 2 aliphatic heterocycles. The van der Waals surface area contributed by atoms with Crippen LogP contribution in [0.25, 0.3) is 38.6 Å². The number of ether oxygens (including phenoxy) is 1. The predicted octanol–water partition coefficient (Wildman–Crippen LogP) is 2.09. The van der Waals surface area contributed by atoms with Crippen molar-refractivity contribution in [3.8, 4) is 11.4 Å². The van der Waals surface area contributed by atoms with Crippen LogP contribution in [0.2, 0.25) is 0 Å². The minimum absolute atomic E-state index is 0.0178. The van der Waals surface area contributed by atoms with Crippen molar-refractivity contribution in [2.24, 2.45) is 5.92 Å². The van der Waals surface area contributed by atoms with Crippen LogP contribution < -0.4 is 15.5 Å². The molecule has 8 rings (SSSR count). The number of aryl methyl sites for hydroxylation is 1. The van der Waals surface area contributed by atoms with Crippen molar-refractivity contribution in [2.45, 2.75) is 81.7 Å². The summed E-state index contributed by atoms with van der Waals surface area (Å²) in [4.78, 5) is 43.5. The van der Waals surface area contributed by atoms with Crippen molar-refractivity contribution in [1.29, 1.82) is 0 Å². The topological polar surface area (TPSA) is 230 Å². The lowest BCUT2D eigenvalue weighted by Gasteiger charge is -2.43. The molecule has 16 nitrogen and oxygen atoms in total. The first-order valence-corrected chi connectivity index (χ1v) is 18.4. The van der Waals surface area contributed by atoms with E-state index in [1.165, 1.54) is 6.07 Å². The molecule has 8 N–H and O–H groups in total. The summed E-state index contributed by atoms with van der Waals surface area (Å²) in [7, 11) is 0. The van der Waals surface area contributed by atoms with Crippen LogP contribution in [0.15, 0.2) is 70.5 Å². The van der Waals surface area contributed by atoms with Crippen LogP contribution >= 0.6 is 0 Å². The Bertz CT molecular complexity index is 2380. The molecular weight excluding hydrogens is 714 g/mol.